The van der Waals surface area contributed by atoms with E-state index in [4.69, 9.17) is 0 Å². The molecule has 0 aromatic heterocycles. The van der Waals surface area contributed by atoms with Crippen molar-refractivity contribution in [1.29, 1.82) is 0 Å². The third kappa shape index (κ3) is 2.10. The number of allylic oxidation sites excluding steroid dienone is 7. The summed E-state index contributed by atoms with van der Waals surface area (Å²) in [5.41, 5.74) is 8.74. The number of benzene rings is 1. The number of rotatable bonds is 2. The van der Waals surface area contributed by atoms with Crippen molar-refractivity contribution in [3.8, 4) is 0 Å². The molecule has 0 N–H and O–H groups in total. The van der Waals surface area contributed by atoms with Crippen LogP contribution in [0.25, 0.3) is 11.6 Å². The quantitative estimate of drug-likeness (QED) is 0.673. The Balaban J connectivity index is 2.15. The van der Waals surface area contributed by atoms with Gasteiger partial charge in [-0.1, -0.05) is 62.4 Å². The summed E-state index contributed by atoms with van der Waals surface area (Å²) in [4.78, 5) is 0. The molecular weight excluding hydrogens is 240 g/mol. The average Bonchev–Trinajstić information content (AvgIpc) is 2.71. The summed E-state index contributed by atoms with van der Waals surface area (Å²) in [7, 11) is 0. The maximum atomic E-state index is 2.32. The van der Waals surface area contributed by atoms with Crippen molar-refractivity contribution in [3.05, 3.63) is 70.3 Å². The van der Waals surface area contributed by atoms with Crippen molar-refractivity contribution in [3.63, 3.8) is 0 Å². The van der Waals surface area contributed by atoms with Gasteiger partial charge in [0.25, 0.3) is 0 Å². The van der Waals surface area contributed by atoms with Crippen molar-refractivity contribution in [2.45, 2.75) is 33.6 Å². The SMILES string of the molecule is C/C=C\c1c(CC)ccc2c1CC1=C2C=CC(C)C=C1. The lowest BCUT2D eigenvalue weighted by Crippen LogP contribution is -1.96. The van der Waals surface area contributed by atoms with E-state index in [0.29, 0.717) is 5.92 Å². The van der Waals surface area contributed by atoms with Gasteiger partial charge in [-0.05, 0) is 59.1 Å². The maximum Gasteiger partial charge on any atom is -0.000752 e. The maximum absolute atomic E-state index is 2.32. The van der Waals surface area contributed by atoms with Crippen molar-refractivity contribution < 1.29 is 0 Å². The second-order valence-electron chi connectivity index (χ2n) is 5.71. The van der Waals surface area contributed by atoms with E-state index in [1.165, 1.54) is 33.4 Å². The molecule has 0 saturated carbocycles. The minimum Gasteiger partial charge on any atom is -0.0870 e. The van der Waals surface area contributed by atoms with E-state index in [1.807, 2.05) is 0 Å². The monoisotopic (exact) mass is 262 g/mol. The van der Waals surface area contributed by atoms with Gasteiger partial charge in [-0.3, -0.25) is 0 Å². The highest BCUT2D eigenvalue weighted by Crippen LogP contribution is 2.39. The molecule has 2 aliphatic rings. The fourth-order valence-electron chi connectivity index (χ4n) is 3.22. The van der Waals surface area contributed by atoms with Gasteiger partial charge in [0.1, 0.15) is 0 Å². The predicted molar refractivity (Wildman–Crippen MR) is 88.6 cm³/mol. The number of hydrogen-bond acceptors (Lipinski definition) is 0. The fraction of sp³-hybridized carbons (Fsp3) is 0.300. The lowest BCUT2D eigenvalue weighted by atomic mass is 9.93. The number of hydrogen-bond donors (Lipinski definition) is 0. The predicted octanol–water partition coefficient (Wildman–Crippen LogP) is 5.35. The first-order chi connectivity index (χ1) is 9.74. The van der Waals surface area contributed by atoms with Gasteiger partial charge in [0.2, 0.25) is 0 Å². The molecule has 0 spiro atoms. The van der Waals surface area contributed by atoms with Gasteiger partial charge in [0, 0.05) is 0 Å². The summed E-state index contributed by atoms with van der Waals surface area (Å²) < 4.78 is 0. The Morgan fingerprint density at radius 2 is 2.00 bits per heavy atom. The first-order valence-corrected chi connectivity index (χ1v) is 7.62. The Kier molecular flexibility index (Phi) is 3.48. The van der Waals surface area contributed by atoms with Crippen LogP contribution < -0.4 is 0 Å². The molecule has 1 aromatic rings. The molecule has 0 saturated heterocycles. The van der Waals surface area contributed by atoms with E-state index in [2.05, 4.69) is 69.4 Å². The Morgan fingerprint density at radius 3 is 2.75 bits per heavy atom. The van der Waals surface area contributed by atoms with Crippen LogP contribution >= 0.6 is 0 Å². The van der Waals surface area contributed by atoms with Crippen molar-refractivity contribution in [2.75, 3.05) is 0 Å². The molecule has 3 rings (SSSR count). The third-order valence-electron chi connectivity index (χ3n) is 4.33. The molecular formula is C20H22. The molecule has 20 heavy (non-hydrogen) atoms. The van der Waals surface area contributed by atoms with Crippen LogP contribution in [0, 0.1) is 5.92 Å². The van der Waals surface area contributed by atoms with E-state index in [0.717, 1.165) is 12.8 Å². The van der Waals surface area contributed by atoms with E-state index < -0.39 is 0 Å². The van der Waals surface area contributed by atoms with Gasteiger partial charge in [0.05, 0.1) is 0 Å². The first-order valence-electron chi connectivity index (χ1n) is 7.62. The van der Waals surface area contributed by atoms with Gasteiger partial charge >= 0.3 is 0 Å². The highest BCUT2D eigenvalue weighted by atomic mass is 14.3. The Hall–Kier alpha value is -1.82. The molecule has 0 radical (unpaired) electrons. The zero-order valence-electron chi connectivity index (χ0n) is 12.6. The van der Waals surface area contributed by atoms with Gasteiger partial charge in [0.15, 0.2) is 0 Å². The molecule has 0 nitrogen and oxygen atoms in total. The molecule has 0 bridgehead atoms. The molecule has 0 heteroatoms. The van der Waals surface area contributed by atoms with Crippen LogP contribution in [0.3, 0.4) is 0 Å². The summed E-state index contributed by atoms with van der Waals surface area (Å²) >= 11 is 0. The Labute approximate surface area is 122 Å². The van der Waals surface area contributed by atoms with Crippen LogP contribution in [0.1, 0.15) is 43.0 Å². The van der Waals surface area contributed by atoms with Crippen LogP contribution in [0.15, 0.2) is 48.1 Å². The Bertz CT molecular complexity index is 651. The molecule has 1 atom stereocenters. The van der Waals surface area contributed by atoms with E-state index >= 15 is 0 Å². The van der Waals surface area contributed by atoms with Gasteiger partial charge < -0.3 is 0 Å². The highest BCUT2D eigenvalue weighted by molar-refractivity contribution is 5.87. The highest BCUT2D eigenvalue weighted by Gasteiger charge is 2.22. The lowest BCUT2D eigenvalue weighted by molar-refractivity contribution is 0.940. The van der Waals surface area contributed by atoms with Crippen molar-refractivity contribution in [2.24, 2.45) is 5.92 Å². The van der Waals surface area contributed by atoms with E-state index in [1.54, 1.807) is 0 Å². The summed E-state index contributed by atoms with van der Waals surface area (Å²) in [6, 6.07) is 4.62. The molecule has 0 heterocycles. The molecule has 0 aliphatic heterocycles. The second-order valence-corrected chi connectivity index (χ2v) is 5.71. The largest absolute Gasteiger partial charge is 0.0870 e. The zero-order valence-corrected chi connectivity index (χ0v) is 12.6. The standard InChI is InChI=1S/C20H22/c1-4-6-17-15(5-2)10-12-19-18-11-8-14(3)7-9-16(18)13-20(17)19/h4,6-12,14H,5,13H2,1-3H3/b6-4-. The zero-order chi connectivity index (χ0) is 14.1. The average molecular weight is 262 g/mol. The molecule has 2 aliphatic carbocycles. The van der Waals surface area contributed by atoms with Crippen molar-refractivity contribution in [1.82, 2.24) is 0 Å². The summed E-state index contributed by atoms with van der Waals surface area (Å²) in [6.45, 7) is 6.58. The number of fused-ring (bicyclic) bond motifs is 2. The van der Waals surface area contributed by atoms with Gasteiger partial charge in [-0.2, -0.15) is 0 Å². The summed E-state index contributed by atoms with van der Waals surface area (Å²) in [5, 5.41) is 0. The fourth-order valence-corrected chi connectivity index (χ4v) is 3.22. The van der Waals surface area contributed by atoms with Gasteiger partial charge in [-0.25, -0.2) is 0 Å². The Morgan fingerprint density at radius 1 is 1.20 bits per heavy atom. The minimum absolute atomic E-state index is 0.536. The first kappa shape index (κ1) is 13.2. The number of aryl methyl sites for hydroxylation is 1. The van der Waals surface area contributed by atoms with Crippen LogP contribution in [0.5, 0.6) is 0 Å². The summed E-state index contributed by atoms with van der Waals surface area (Å²) in [6.07, 6.45) is 15.9. The molecule has 0 fully saturated rings. The molecule has 102 valence electrons. The molecule has 1 aromatic carbocycles. The topological polar surface area (TPSA) is 0 Å². The molecule has 1 unspecified atom stereocenters. The van der Waals surface area contributed by atoms with Gasteiger partial charge in [-0.15, -0.1) is 0 Å². The normalized spacial score (nSPS) is 20.4. The third-order valence-corrected chi connectivity index (χ3v) is 4.33. The van der Waals surface area contributed by atoms with Crippen LogP contribution in [-0.2, 0) is 12.8 Å². The van der Waals surface area contributed by atoms with Crippen molar-refractivity contribution >= 4 is 11.6 Å². The molecule has 0 amide bonds. The second kappa shape index (κ2) is 5.28. The minimum atomic E-state index is 0.536. The summed E-state index contributed by atoms with van der Waals surface area (Å²) in [5.74, 6) is 0.536. The van der Waals surface area contributed by atoms with E-state index in [9.17, 15) is 0 Å². The van der Waals surface area contributed by atoms with Crippen LogP contribution in [-0.4, -0.2) is 0 Å². The van der Waals surface area contributed by atoms with E-state index in [-0.39, 0.29) is 0 Å². The lowest BCUT2D eigenvalue weighted by Gasteiger charge is -2.11. The van der Waals surface area contributed by atoms with Crippen LogP contribution in [0.4, 0.5) is 0 Å². The van der Waals surface area contributed by atoms with Crippen LogP contribution in [0.2, 0.25) is 0 Å². The smallest absolute Gasteiger partial charge is 0.000752 e.